The van der Waals surface area contributed by atoms with E-state index in [1.54, 1.807) is 26.4 Å². The number of carbonyl (C=O) groups excluding carboxylic acids is 2. The van der Waals surface area contributed by atoms with Crippen molar-refractivity contribution in [2.45, 2.75) is 82.6 Å². The minimum atomic E-state index is -3.13. The van der Waals surface area contributed by atoms with Gasteiger partial charge in [0.15, 0.2) is 18.2 Å². The average Bonchev–Trinajstić information content (AvgIpc) is 4.12. The summed E-state index contributed by atoms with van der Waals surface area (Å²) in [7, 11) is 3.31. The van der Waals surface area contributed by atoms with Crippen LogP contribution in [0.1, 0.15) is 76.3 Å². The van der Waals surface area contributed by atoms with Gasteiger partial charge in [0.05, 0.1) is 40.7 Å². The van der Waals surface area contributed by atoms with E-state index in [0.717, 1.165) is 77.9 Å². The van der Waals surface area contributed by atoms with E-state index in [1.165, 1.54) is 9.25 Å². The predicted molar refractivity (Wildman–Crippen MR) is 255 cm³/mol. The maximum Gasteiger partial charge on any atom is 0.301 e. The number of benzene rings is 2. The van der Waals surface area contributed by atoms with Crippen LogP contribution in [0.25, 0.3) is 21.8 Å². The number of likely N-dealkylation sites (tertiary alicyclic amines) is 1. The fourth-order valence-corrected chi connectivity index (χ4v) is 11.9. The molecule has 1 spiro atoms. The number of fused-ring (bicyclic) bond motifs is 4. The first kappa shape index (κ1) is 44.9. The van der Waals surface area contributed by atoms with Crippen molar-refractivity contribution in [3.63, 3.8) is 0 Å². The molecule has 1 unspecified atom stereocenters. The summed E-state index contributed by atoms with van der Waals surface area (Å²) in [4.78, 5) is 54.2. The molecule has 5 fully saturated rings. The molecule has 3 N–H and O–H groups in total. The number of hydrogen-bond acceptors (Lipinski definition) is 12. The van der Waals surface area contributed by atoms with Crippen molar-refractivity contribution in [3.05, 3.63) is 63.4 Å². The van der Waals surface area contributed by atoms with Crippen molar-refractivity contribution in [2.75, 3.05) is 72.9 Å². The molecule has 360 valence electrons. The molecule has 11 rings (SSSR count). The van der Waals surface area contributed by atoms with Gasteiger partial charge in [0.1, 0.15) is 10.5 Å². The molecule has 19 heteroatoms. The van der Waals surface area contributed by atoms with Crippen LogP contribution >= 0.6 is 11.6 Å². The van der Waals surface area contributed by atoms with E-state index in [1.807, 2.05) is 24.3 Å². The predicted octanol–water partition coefficient (Wildman–Crippen LogP) is 7.33. The Labute approximate surface area is 396 Å². The van der Waals surface area contributed by atoms with Crippen LogP contribution in [-0.2, 0) is 23.7 Å². The number of imide groups is 1. The molecule has 6 aliphatic rings. The number of rotatable bonds is 8. The fraction of sp³-hybridized carbons (Fsp3) is 0.551. The third-order valence-electron chi connectivity index (χ3n) is 16.1. The topological polar surface area (TPSA) is 155 Å². The number of nitrogens with zero attached hydrogens (tertiary/aromatic N) is 8. The zero-order valence-electron chi connectivity index (χ0n) is 38.6. The van der Waals surface area contributed by atoms with Gasteiger partial charge in [-0.15, -0.1) is 0 Å². The quantitative estimate of drug-likeness (QED) is 0.134. The lowest BCUT2D eigenvalue weighted by atomic mass is 9.71. The Morgan fingerprint density at radius 1 is 0.941 bits per heavy atom. The second kappa shape index (κ2) is 17.1. The summed E-state index contributed by atoms with van der Waals surface area (Å²) in [6.07, 6.45) is 8.91. The Bertz CT molecular complexity index is 2890. The van der Waals surface area contributed by atoms with E-state index >= 15 is 13.2 Å². The van der Waals surface area contributed by atoms with Gasteiger partial charge in [-0.05, 0) is 118 Å². The van der Waals surface area contributed by atoms with Gasteiger partial charge in [0.25, 0.3) is 5.56 Å². The van der Waals surface area contributed by atoms with E-state index in [9.17, 15) is 14.4 Å². The average molecular weight is 957 g/mol. The first-order valence-corrected chi connectivity index (χ1v) is 24.5. The van der Waals surface area contributed by atoms with Crippen LogP contribution in [0.2, 0.25) is 5.02 Å². The lowest BCUT2D eigenvalue weighted by Gasteiger charge is -2.48. The van der Waals surface area contributed by atoms with Gasteiger partial charge in [-0.1, -0.05) is 18.5 Å². The Morgan fingerprint density at radius 3 is 2.44 bits per heavy atom. The largest absolute Gasteiger partial charge is 0.480 e. The van der Waals surface area contributed by atoms with Crippen LogP contribution in [0.5, 0.6) is 5.75 Å². The number of amides is 2. The van der Waals surface area contributed by atoms with Crippen molar-refractivity contribution < 1.29 is 27.5 Å². The molecule has 0 radical (unpaired) electrons. The normalized spacial score (nSPS) is 25.2. The molecule has 8 heterocycles. The van der Waals surface area contributed by atoms with Crippen molar-refractivity contribution in [1.29, 1.82) is 0 Å². The van der Waals surface area contributed by atoms with Gasteiger partial charge >= 0.3 is 5.92 Å². The summed E-state index contributed by atoms with van der Waals surface area (Å²) in [5.74, 6) is -3.12. The van der Waals surface area contributed by atoms with E-state index in [2.05, 4.69) is 47.7 Å². The first-order valence-electron chi connectivity index (χ1n) is 24.1. The summed E-state index contributed by atoms with van der Waals surface area (Å²) in [6, 6.07) is 7.97. The number of carbonyl (C=O) groups is 2. The number of aromatic nitrogens is 5. The molecule has 68 heavy (non-hydrogen) atoms. The van der Waals surface area contributed by atoms with Crippen LogP contribution in [0, 0.1) is 29.0 Å². The summed E-state index contributed by atoms with van der Waals surface area (Å²) >= 11 is 6.67. The molecule has 3 aromatic heterocycles. The van der Waals surface area contributed by atoms with Crippen molar-refractivity contribution in [2.24, 2.45) is 37.3 Å². The van der Waals surface area contributed by atoms with Gasteiger partial charge in [-0.25, -0.2) is 18.2 Å². The molecular weight excluding hydrogens is 899 g/mol. The van der Waals surface area contributed by atoms with Gasteiger partial charge in [-0.3, -0.25) is 24.4 Å². The number of ether oxygens (including phenoxy) is 1. The molecule has 0 bridgehead atoms. The summed E-state index contributed by atoms with van der Waals surface area (Å²) < 4.78 is 55.2. The van der Waals surface area contributed by atoms with Gasteiger partial charge < -0.3 is 34.6 Å². The summed E-state index contributed by atoms with van der Waals surface area (Å²) in [5.41, 5.74) is 2.72. The summed E-state index contributed by atoms with van der Waals surface area (Å²) in [6.45, 7) is 7.71. The van der Waals surface area contributed by atoms with Crippen LogP contribution < -0.4 is 36.0 Å². The second-order valence-electron chi connectivity index (χ2n) is 20.4. The van der Waals surface area contributed by atoms with E-state index < -0.39 is 30.0 Å². The monoisotopic (exact) mass is 955 g/mol. The molecule has 1 aliphatic carbocycles. The fourth-order valence-electron chi connectivity index (χ4n) is 11.7. The van der Waals surface area contributed by atoms with Gasteiger partial charge in [0, 0.05) is 69.7 Å². The molecule has 5 aromatic rings. The molecular formula is C49H57ClF3N11O4. The van der Waals surface area contributed by atoms with Crippen molar-refractivity contribution in [1.82, 2.24) is 34.5 Å². The van der Waals surface area contributed by atoms with Crippen molar-refractivity contribution >= 4 is 74.0 Å². The molecule has 4 saturated heterocycles. The van der Waals surface area contributed by atoms with Crippen molar-refractivity contribution in [3.8, 4) is 5.75 Å². The molecule has 4 atom stereocenters. The number of aryl methyl sites for hydroxylation is 2. The zero-order valence-corrected chi connectivity index (χ0v) is 39.4. The number of piperidine rings is 4. The van der Waals surface area contributed by atoms with Crippen LogP contribution in [0.3, 0.4) is 0 Å². The lowest BCUT2D eigenvalue weighted by Crippen LogP contribution is -2.49. The highest BCUT2D eigenvalue weighted by atomic mass is 35.5. The van der Waals surface area contributed by atoms with Crippen LogP contribution in [0.15, 0.2) is 41.3 Å². The molecule has 15 nitrogen and oxygen atoms in total. The van der Waals surface area contributed by atoms with E-state index in [-0.39, 0.29) is 46.8 Å². The first-order chi connectivity index (χ1) is 32.6. The third-order valence-corrected chi connectivity index (χ3v) is 16.3. The smallest absolute Gasteiger partial charge is 0.301 e. The zero-order chi connectivity index (χ0) is 47.2. The van der Waals surface area contributed by atoms with Crippen LogP contribution in [0.4, 0.5) is 42.0 Å². The Morgan fingerprint density at radius 2 is 1.71 bits per heavy atom. The van der Waals surface area contributed by atoms with E-state index in [4.69, 9.17) is 21.3 Å². The maximum absolute atomic E-state index is 16.3. The molecule has 5 aliphatic heterocycles. The molecule has 1 saturated carbocycles. The minimum Gasteiger partial charge on any atom is -0.480 e. The molecule has 2 aromatic carbocycles. The highest BCUT2D eigenvalue weighted by Crippen LogP contribution is 2.47. The molecule has 2 amide bonds. The standard InChI is InChI=1S/C49H57ClF3N11O4/c1-27-24-64(36-10-7-31-39(59-61(3)41(31)38(36)51)32-8-11-37(65)56-45(32)66)17-12-29(27)25-62-18-13-48(14-19-62)15-20-63(21-16-48)47-54-23-34(50)44(58-47)55-30-6-9-35-33(22-30)40-42(46(67)60(35)2)68-26-49(52,53)43(57-40)28-4-5-28/h6-7,9-10,22-23,27-29,32,43,57H,4-5,8,11-21,24-26H2,1-3H3,(H,54,55,58)(H,56,65,66)/t27-,29+,32?,43+/m1/s1. The van der Waals surface area contributed by atoms with Gasteiger partial charge in [-0.2, -0.15) is 10.1 Å². The number of hydrogen-bond donors (Lipinski definition) is 3. The Hall–Kier alpha value is -5.62. The number of anilines is 5. The number of nitrogens with one attached hydrogen (secondary N) is 3. The second-order valence-corrected chi connectivity index (χ2v) is 20.8. The van der Waals surface area contributed by atoms with Gasteiger partial charge in [0.2, 0.25) is 23.5 Å². The lowest BCUT2D eigenvalue weighted by molar-refractivity contribution is -0.134. The number of alkyl halides is 2. The minimum absolute atomic E-state index is 0.107. The SMILES string of the molecule is C[C@@H]1CN(c2ccc3c(C4CCC(=O)NC4=O)nn(C)c3c2F)CC[C@H]1CN1CCC2(CC1)CCN(c1ncc(Cl)c(Nc3ccc4c(c3)c3c(c(=O)n4C)OCC(F)(F)[C@H](C4CC4)N3)n1)CC2. The Kier molecular flexibility index (Phi) is 11.3. The third kappa shape index (κ3) is 8.07. The number of pyridine rings is 1. The Balaban J connectivity index is 0.699. The maximum atomic E-state index is 16.3. The highest BCUT2D eigenvalue weighted by molar-refractivity contribution is 6.33. The highest BCUT2D eigenvalue weighted by Gasteiger charge is 2.51. The summed E-state index contributed by atoms with van der Waals surface area (Å²) in [5, 5.41) is 14.9. The van der Waals surface area contributed by atoms with E-state index in [0.29, 0.717) is 86.8 Å². The number of halogens is 4. The van der Waals surface area contributed by atoms with Crippen LogP contribution in [-0.4, -0.2) is 105 Å².